The number of carboxylic acid groups (broad SMARTS) is 1. The van der Waals surface area contributed by atoms with Crippen LogP contribution in [0.5, 0.6) is 17.2 Å². The van der Waals surface area contributed by atoms with Crippen LogP contribution in [0.1, 0.15) is 36.3 Å². The van der Waals surface area contributed by atoms with Crippen LogP contribution in [0.25, 0.3) is 0 Å². The van der Waals surface area contributed by atoms with E-state index >= 15 is 4.79 Å². The lowest BCUT2D eigenvalue weighted by Crippen LogP contribution is -2.53. The fraction of sp³-hybridized carbons (Fsp3) is 0.324. The van der Waals surface area contributed by atoms with Crippen LogP contribution in [-0.4, -0.2) is 70.5 Å². The van der Waals surface area contributed by atoms with E-state index in [1.54, 1.807) is 36.4 Å². The zero-order valence-corrected chi connectivity index (χ0v) is 28.2. The lowest BCUT2D eigenvalue weighted by molar-refractivity contribution is -0.143. The Hall–Kier alpha value is -5.43. The fourth-order valence-corrected chi connectivity index (χ4v) is 8.75. The Morgan fingerprint density at radius 3 is 2.33 bits per heavy atom. The zero-order valence-electron chi connectivity index (χ0n) is 27.5. The molecule has 4 aliphatic rings. The maximum absolute atomic E-state index is 15.2. The predicted octanol–water partition coefficient (Wildman–Crippen LogP) is 4.66. The fourth-order valence-electron chi connectivity index (χ4n) is 8.63. The normalized spacial score (nSPS) is 26.7. The molecule has 51 heavy (non-hydrogen) atoms. The summed E-state index contributed by atoms with van der Waals surface area (Å²) in [5, 5.41) is 22.3. The Bertz CT molecular complexity index is 2000. The van der Waals surface area contributed by atoms with E-state index < -0.39 is 76.8 Å². The summed E-state index contributed by atoms with van der Waals surface area (Å²) in [6.45, 7) is -0.302. The third-order valence-corrected chi connectivity index (χ3v) is 11.0. The van der Waals surface area contributed by atoms with Crippen molar-refractivity contribution in [2.75, 3.05) is 26.2 Å². The number of benzene rings is 3. The van der Waals surface area contributed by atoms with Gasteiger partial charge in [0.05, 0.1) is 49.5 Å². The largest absolute Gasteiger partial charge is 0.507 e. The van der Waals surface area contributed by atoms with Crippen molar-refractivity contribution in [3.8, 4) is 17.2 Å². The number of ether oxygens (including phenoxy) is 2. The van der Waals surface area contributed by atoms with E-state index in [1.165, 1.54) is 44.6 Å². The summed E-state index contributed by atoms with van der Waals surface area (Å²) in [5.74, 6) is -8.76. The molecule has 2 aliphatic carbocycles. The summed E-state index contributed by atoms with van der Waals surface area (Å²) >= 11 is 6.32. The SMILES string of the molecule is COc1cc(O)c(C2C3=CCC4C(=O)N(CCC(=O)O)C(=O)C4C3CC3C(=O)N(Nc4ccc(F)cc4)C(=O)C32c2ccc(Cl)cc2)c(OC)c1. The zero-order chi connectivity index (χ0) is 36.4. The molecule has 3 aromatic rings. The van der Waals surface area contributed by atoms with Crippen LogP contribution in [0.15, 0.2) is 72.3 Å². The number of nitrogens with one attached hydrogen (secondary N) is 1. The van der Waals surface area contributed by atoms with Gasteiger partial charge in [0, 0.05) is 35.2 Å². The first-order chi connectivity index (χ1) is 24.4. The maximum Gasteiger partial charge on any atom is 0.305 e. The highest BCUT2D eigenvalue weighted by Gasteiger charge is 2.71. The van der Waals surface area contributed by atoms with Gasteiger partial charge in [0.1, 0.15) is 23.1 Å². The Morgan fingerprint density at radius 2 is 1.69 bits per heavy atom. The average Bonchev–Trinajstić information content (AvgIpc) is 3.48. The number of imide groups is 2. The molecule has 3 N–H and O–H groups in total. The van der Waals surface area contributed by atoms with Crippen molar-refractivity contribution in [1.82, 2.24) is 9.91 Å². The van der Waals surface area contributed by atoms with E-state index in [-0.39, 0.29) is 47.9 Å². The molecule has 2 saturated heterocycles. The number of carbonyl (C=O) groups excluding carboxylic acids is 4. The molecular formula is C37H33ClFN3O9. The van der Waals surface area contributed by atoms with Crippen LogP contribution in [-0.2, 0) is 29.4 Å². The van der Waals surface area contributed by atoms with Crippen LogP contribution >= 0.6 is 11.6 Å². The lowest BCUT2D eigenvalue weighted by atomic mass is 9.49. The van der Waals surface area contributed by atoms with Crippen LogP contribution in [0, 0.1) is 29.5 Å². The number of nitrogens with zero attached hydrogens (tertiary/aromatic N) is 2. The highest BCUT2D eigenvalue weighted by atomic mass is 35.5. The second-order valence-corrected chi connectivity index (χ2v) is 13.5. The molecule has 14 heteroatoms. The molecule has 264 valence electrons. The van der Waals surface area contributed by atoms with Gasteiger partial charge in [-0.1, -0.05) is 35.4 Å². The van der Waals surface area contributed by atoms with Gasteiger partial charge in [0.2, 0.25) is 11.8 Å². The van der Waals surface area contributed by atoms with Gasteiger partial charge < -0.3 is 19.7 Å². The molecule has 2 heterocycles. The molecule has 2 aliphatic heterocycles. The molecule has 12 nitrogen and oxygen atoms in total. The number of likely N-dealkylation sites (tertiary alicyclic amines) is 1. The summed E-state index contributed by atoms with van der Waals surface area (Å²) < 4.78 is 25.0. The summed E-state index contributed by atoms with van der Waals surface area (Å²) in [6, 6.07) is 14.5. The monoisotopic (exact) mass is 717 g/mol. The first-order valence-electron chi connectivity index (χ1n) is 16.3. The topological polar surface area (TPSA) is 163 Å². The number of amides is 4. The van der Waals surface area contributed by atoms with E-state index in [1.807, 2.05) is 0 Å². The van der Waals surface area contributed by atoms with Crippen molar-refractivity contribution in [3.05, 3.63) is 94.3 Å². The lowest BCUT2D eigenvalue weighted by Gasteiger charge is -2.50. The van der Waals surface area contributed by atoms with Gasteiger partial charge in [0.25, 0.3) is 11.8 Å². The number of phenols is 1. The third kappa shape index (κ3) is 5.21. The second-order valence-electron chi connectivity index (χ2n) is 13.1. The Kier molecular flexibility index (Phi) is 8.49. The third-order valence-electron chi connectivity index (χ3n) is 10.7. The highest BCUT2D eigenvalue weighted by molar-refractivity contribution is 6.30. The molecule has 6 atom stereocenters. The summed E-state index contributed by atoms with van der Waals surface area (Å²) in [7, 11) is 2.80. The molecule has 4 amide bonds. The molecule has 3 fully saturated rings. The van der Waals surface area contributed by atoms with E-state index in [0.717, 1.165) is 9.91 Å². The smallest absolute Gasteiger partial charge is 0.305 e. The highest BCUT2D eigenvalue weighted by Crippen LogP contribution is 2.66. The Labute approximate surface area is 296 Å². The number of hydrogen-bond acceptors (Lipinski definition) is 9. The molecule has 7 rings (SSSR count). The van der Waals surface area contributed by atoms with Crippen LogP contribution < -0.4 is 14.9 Å². The number of hydrogen-bond donors (Lipinski definition) is 3. The van der Waals surface area contributed by atoms with E-state index in [4.69, 9.17) is 21.1 Å². The number of carboxylic acids is 1. The maximum atomic E-state index is 15.2. The quantitative estimate of drug-likeness (QED) is 0.210. The first kappa shape index (κ1) is 34.0. The number of allylic oxidation sites excluding steroid dienone is 2. The van der Waals surface area contributed by atoms with Crippen molar-refractivity contribution in [1.29, 1.82) is 0 Å². The number of aliphatic carboxylic acids is 1. The number of phenolic OH excluding ortho intramolecular Hbond substituents is 1. The molecule has 0 bridgehead atoms. The van der Waals surface area contributed by atoms with Gasteiger partial charge in [-0.05, 0) is 60.7 Å². The summed E-state index contributed by atoms with van der Waals surface area (Å²) in [6.07, 6.45) is 1.43. The number of fused-ring (bicyclic) bond motifs is 4. The molecule has 0 spiro atoms. The van der Waals surface area contributed by atoms with Gasteiger partial charge in [-0.2, -0.15) is 5.01 Å². The Morgan fingerprint density at radius 1 is 0.980 bits per heavy atom. The first-order valence-corrected chi connectivity index (χ1v) is 16.7. The summed E-state index contributed by atoms with van der Waals surface area (Å²) in [5.41, 5.74) is 2.48. The van der Waals surface area contributed by atoms with E-state index in [0.29, 0.717) is 16.2 Å². The van der Waals surface area contributed by atoms with Crippen LogP contribution in [0.4, 0.5) is 10.1 Å². The number of hydrazine groups is 1. The van der Waals surface area contributed by atoms with Crippen LogP contribution in [0.2, 0.25) is 5.02 Å². The Balaban J connectivity index is 1.47. The minimum absolute atomic E-state index is 0.0384. The number of carbonyl (C=O) groups is 5. The average molecular weight is 718 g/mol. The predicted molar refractivity (Wildman–Crippen MR) is 179 cm³/mol. The standard InChI is InChI=1S/C37H33ClFN3O9/c1-50-22-15-27(43)31(28(16-22)51-2)32-23-11-12-24-30(35(48)41(33(24)46)14-13-29(44)45)25(23)17-26-34(47)42(40-21-9-7-20(39)8-10-21)36(49)37(26,32)18-3-5-19(38)6-4-18/h3-11,15-16,24-26,30,32,40,43H,12-14,17H2,1-2H3,(H,44,45). The molecular weight excluding hydrogens is 685 g/mol. The van der Waals surface area contributed by atoms with Crippen molar-refractivity contribution in [2.24, 2.45) is 23.7 Å². The van der Waals surface area contributed by atoms with Crippen LogP contribution in [0.3, 0.4) is 0 Å². The minimum Gasteiger partial charge on any atom is -0.507 e. The minimum atomic E-state index is -1.75. The number of aromatic hydroxyl groups is 1. The molecule has 0 radical (unpaired) electrons. The number of rotatable bonds is 9. The van der Waals surface area contributed by atoms with E-state index in [9.17, 15) is 33.8 Å². The molecule has 1 saturated carbocycles. The number of methoxy groups -OCH3 is 2. The number of anilines is 1. The van der Waals surface area contributed by atoms with Gasteiger partial charge >= 0.3 is 5.97 Å². The number of halogens is 2. The van der Waals surface area contributed by atoms with Gasteiger partial charge in [0.15, 0.2) is 0 Å². The summed E-state index contributed by atoms with van der Waals surface area (Å²) in [4.78, 5) is 70.0. The molecule has 6 unspecified atom stereocenters. The molecule has 0 aromatic heterocycles. The van der Waals surface area contributed by atoms with Crippen molar-refractivity contribution in [3.63, 3.8) is 0 Å². The van der Waals surface area contributed by atoms with Crippen molar-refractivity contribution < 1.29 is 48.0 Å². The van der Waals surface area contributed by atoms with E-state index in [2.05, 4.69) is 5.43 Å². The second kappa shape index (κ2) is 12.7. The van der Waals surface area contributed by atoms with Gasteiger partial charge in [-0.3, -0.25) is 34.3 Å². The van der Waals surface area contributed by atoms with Crippen molar-refractivity contribution in [2.45, 2.75) is 30.6 Å². The molecule has 3 aromatic carbocycles. The van der Waals surface area contributed by atoms with Gasteiger partial charge in [-0.15, -0.1) is 0 Å². The van der Waals surface area contributed by atoms with Crippen molar-refractivity contribution >= 4 is 46.9 Å². The van der Waals surface area contributed by atoms with Gasteiger partial charge in [-0.25, -0.2) is 4.39 Å².